The number of carbonyl (C=O) groups excluding carboxylic acids is 1. The summed E-state index contributed by atoms with van der Waals surface area (Å²) in [6.45, 7) is 1.94. The number of aryl methyl sites for hydroxylation is 1. The molecule has 0 fully saturated rings. The van der Waals surface area contributed by atoms with Crippen LogP contribution in [0.15, 0.2) is 23.1 Å². The fraction of sp³-hybridized carbons (Fsp3) is 0.222. The Kier molecular flexibility index (Phi) is 1.70. The van der Waals surface area contributed by atoms with Gasteiger partial charge in [0.25, 0.3) is 0 Å². The number of carbonyl (C=O) groups is 1. The number of thioether (sulfide) groups is 1. The Morgan fingerprint density at radius 3 is 3.00 bits per heavy atom. The molecule has 62 valence electrons. The van der Waals surface area contributed by atoms with Crippen molar-refractivity contribution in [2.24, 2.45) is 0 Å². The van der Waals surface area contributed by atoms with E-state index in [4.69, 9.17) is 0 Å². The first-order valence-electron chi connectivity index (χ1n) is 3.69. The topological polar surface area (TPSA) is 37.3 Å². The Hall–Kier alpha value is -0.800. The summed E-state index contributed by atoms with van der Waals surface area (Å²) in [5.74, 6) is 0. The van der Waals surface area contributed by atoms with Gasteiger partial charge in [-0.2, -0.15) is 0 Å². The summed E-state index contributed by atoms with van der Waals surface area (Å²) in [4.78, 5) is 11.9. The van der Waals surface area contributed by atoms with Crippen LogP contribution in [0.4, 0.5) is 0 Å². The third-order valence-corrected chi connectivity index (χ3v) is 2.91. The van der Waals surface area contributed by atoms with Gasteiger partial charge in [-0.3, -0.25) is 4.79 Å². The highest BCUT2D eigenvalue weighted by Crippen LogP contribution is 2.39. The van der Waals surface area contributed by atoms with Crippen molar-refractivity contribution in [1.29, 1.82) is 0 Å². The number of fused-ring (bicyclic) bond motifs is 1. The van der Waals surface area contributed by atoms with Crippen molar-refractivity contribution in [3.63, 3.8) is 0 Å². The predicted molar refractivity (Wildman–Crippen MR) is 47.0 cm³/mol. The van der Waals surface area contributed by atoms with E-state index in [1.165, 1.54) is 0 Å². The highest BCUT2D eigenvalue weighted by atomic mass is 32.2. The summed E-state index contributed by atoms with van der Waals surface area (Å²) in [7, 11) is 0. The van der Waals surface area contributed by atoms with Gasteiger partial charge in [0.2, 0.25) is 5.12 Å². The van der Waals surface area contributed by atoms with Gasteiger partial charge < -0.3 is 5.11 Å². The molecule has 1 aromatic carbocycles. The highest BCUT2D eigenvalue weighted by molar-refractivity contribution is 8.14. The number of hydrogen-bond donors (Lipinski definition) is 1. The number of aliphatic hydroxyl groups is 1. The van der Waals surface area contributed by atoms with Gasteiger partial charge in [-0.25, -0.2) is 0 Å². The number of aliphatic hydroxyl groups excluding tert-OH is 1. The van der Waals surface area contributed by atoms with Crippen LogP contribution in [0.3, 0.4) is 0 Å². The molecule has 2 nitrogen and oxygen atoms in total. The minimum absolute atomic E-state index is 0.171. The van der Waals surface area contributed by atoms with Crippen LogP contribution in [0, 0.1) is 6.92 Å². The molecule has 1 aromatic rings. The van der Waals surface area contributed by atoms with E-state index in [9.17, 15) is 9.90 Å². The van der Waals surface area contributed by atoms with Crippen molar-refractivity contribution in [3.8, 4) is 0 Å². The molecule has 1 atom stereocenters. The lowest BCUT2D eigenvalue weighted by atomic mass is 10.1. The highest BCUT2D eigenvalue weighted by Gasteiger charge is 2.29. The van der Waals surface area contributed by atoms with Crippen LogP contribution in [-0.4, -0.2) is 10.2 Å². The molecule has 0 aromatic heterocycles. The number of rotatable bonds is 0. The fourth-order valence-electron chi connectivity index (χ4n) is 1.27. The summed E-state index contributed by atoms with van der Waals surface area (Å²) in [5.41, 5.74) is 1.83. The largest absolute Gasteiger partial charge is 0.380 e. The van der Waals surface area contributed by atoms with Gasteiger partial charge in [0.15, 0.2) is 0 Å². The van der Waals surface area contributed by atoms with Crippen molar-refractivity contribution in [2.45, 2.75) is 17.9 Å². The molecule has 3 heteroatoms. The Bertz CT molecular complexity index is 346. The standard InChI is InChI=1S/C9H8O2S/c1-5-2-3-7-6(4-5)8(10)9(11)12-7/h2-4,8,10H,1H3. The molecule has 1 aliphatic heterocycles. The molecule has 0 aliphatic carbocycles. The molecular weight excluding hydrogens is 172 g/mol. The van der Waals surface area contributed by atoms with Gasteiger partial charge in [0, 0.05) is 10.5 Å². The van der Waals surface area contributed by atoms with E-state index in [0.717, 1.165) is 27.8 Å². The molecule has 0 spiro atoms. The van der Waals surface area contributed by atoms with Gasteiger partial charge in [0.1, 0.15) is 6.10 Å². The van der Waals surface area contributed by atoms with E-state index in [2.05, 4.69) is 0 Å². The minimum Gasteiger partial charge on any atom is -0.380 e. The zero-order valence-electron chi connectivity index (χ0n) is 6.57. The second-order valence-corrected chi connectivity index (χ2v) is 3.91. The van der Waals surface area contributed by atoms with E-state index in [1.807, 2.05) is 25.1 Å². The Morgan fingerprint density at radius 1 is 1.50 bits per heavy atom. The summed E-state index contributed by atoms with van der Waals surface area (Å²) < 4.78 is 0. The van der Waals surface area contributed by atoms with E-state index in [-0.39, 0.29) is 5.12 Å². The van der Waals surface area contributed by atoms with Gasteiger partial charge in [-0.1, -0.05) is 17.7 Å². The predicted octanol–water partition coefficient (Wildman–Crippen LogP) is 1.66. The smallest absolute Gasteiger partial charge is 0.226 e. The zero-order valence-corrected chi connectivity index (χ0v) is 7.39. The second-order valence-electron chi connectivity index (χ2n) is 2.86. The molecule has 0 amide bonds. The van der Waals surface area contributed by atoms with E-state index >= 15 is 0 Å². The van der Waals surface area contributed by atoms with Gasteiger partial charge in [0.05, 0.1) is 0 Å². The summed E-state index contributed by atoms with van der Waals surface area (Å²) in [5, 5.41) is 9.23. The van der Waals surface area contributed by atoms with Crippen LogP contribution < -0.4 is 0 Å². The monoisotopic (exact) mass is 180 g/mol. The lowest BCUT2D eigenvalue weighted by Gasteiger charge is -2.01. The lowest BCUT2D eigenvalue weighted by molar-refractivity contribution is -0.118. The van der Waals surface area contributed by atoms with Crippen LogP contribution >= 0.6 is 11.8 Å². The van der Waals surface area contributed by atoms with E-state index in [0.29, 0.717) is 0 Å². The van der Waals surface area contributed by atoms with Crippen LogP contribution in [0.2, 0.25) is 0 Å². The lowest BCUT2D eigenvalue weighted by Crippen LogP contribution is -2.00. The van der Waals surface area contributed by atoms with Gasteiger partial charge >= 0.3 is 0 Å². The van der Waals surface area contributed by atoms with Crippen molar-refractivity contribution in [3.05, 3.63) is 29.3 Å². The van der Waals surface area contributed by atoms with Crippen molar-refractivity contribution < 1.29 is 9.90 Å². The summed E-state index contributed by atoms with van der Waals surface area (Å²) in [6.07, 6.45) is -0.912. The average molecular weight is 180 g/mol. The molecule has 1 aliphatic rings. The second kappa shape index (κ2) is 2.61. The molecular formula is C9H8O2S. The Balaban J connectivity index is 2.55. The van der Waals surface area contributed by atoms with Crippen molar-refractivity contribution in [1.82, 2.24) is 0 Å². The van der Waals surface area contributed by atoms with E-state index in [1.54, 1.807) is 0 Å². The van der Waals surface area contributed by atoms with Crippen LogP contribution in [0.5, 0.6) is 0 Å². The van der Waals surface area contributed by atoms with Crippen LogP contribution in [-0.2, 0) is 4.79 Å². The Morgan fingerprint density at radius 2 is 2.25 bits per heavy atom. The quantitative estimate of drug-likeness (QED) is 0.659. The number of benzene rings is 1. The van der Waals surface area contributed by atoms with Crippen LogP contribution in [0.1, 0.15) is 17.2 Å². The minimum atomic E-state index is -0.912. The van der Waals surface area contributed by atoms with Crippen molar-refractivity contribution in [2.75, 3.05) is 0 Å². The zero-order chi connectivity index (χ0) is 8.72. The first-order valence-corrected chi connectivity index (χ1v) is 4.50. The molecule has 0 saturated heterocycles. The molecule has 1 heterocycles. The molecule has 1 N–H and O–H groups in total. The maximum atomic E-state index is 11.1. The average Bonchev–Trinajstić information content (AvgIpc) is 2.31. The molecule has 0 saturated carbocycles. The van der Waals surface area contributed by atoms with Crippen LogP contribution in [0.25, 0.3) is 0 Å². The summed E-state index contributed by atoms with van der Waals surface area (Å²) in [6, 6.07) is 5.68. The number of hydrogen-bond acceptors (Lipinski definition) is 3. The third kappa shape index (κ3) is 1.06. The van der Waals surface area contributed by atoms with Gasteiger partial charge in [-0.05, 0) is 24.8 Å². The van der Waals surface area contributed by atoms with E-state index < -0.39 is 6.10 Å². The Labute approximate surface area is 74.6 Å². The fourth-order valence-corrected chi connectivity index (χ4v) is 2.15. The third-order valence-electron chi connectivity index (χ3n) is 1.89. The molecule has 0 bridgehead atoms. The molecule has 1 unspecified atom stereocenters. The molecule has 2 rings (SSSR count). The SMILES string of the molecule is Cc1ccc2c(c1)C(O)C(=O)S2. The molecule has 0 radical (unpaired) electrons. The normalized spacial score (nSPS) is 21.2. The van der Waals surface area contributed by atoms with Crippen molar-refractivity contribution >= 4 is 16.9 Å². The first kappa shape index (κ1) is 7.83. The maximum Gasteiger partial charge on any atom is 0.226 e. The van der Waals surface area contributed by atoms with Gasteiger partial charge in [-0.15, -0.1) is 0 Å². The maximum absolute atomic E-state index is 11.1. The molecule has 12 heavy (non-hydrogen) atoms. The summed E-state index contributed by atoms with van der Waals surface area (Å²) >= 11 is 1.12. The first-order chi connectivity index (χ1) is 5.68.